The number of rotatable bonds is 1. The SMILES string of the molecule is CC=C[N+](=O)[O-].c1ccccc1. The molecule has 0 saturated heterocycles. The molecule has 0 heterocycles. The Morgan fingerprint density at radius 3 is 1.50 bits per heavy atom. The van der Waals surface area contributed by atoms with Crippen molar-refractivity contribution in [3.05, 3.63) is 58.8 Å². The van der Waals surface area contributed by atoms with Crippen LogP contribution in [0.5, 0.6) is 0 Å². The Labute approximate surface area is 71.5 Å². The van der Waals surface area contributed by atoms with Crippen LogP contribution in [0.25, 0.3) is 0 Å². The van der Waals surface area contributed by atoms with Gasteiger partial charge in [-0.2, -0.15) is 0 Å². The summed E-state index contributed by atoms with van der Waals surface area (Å²) >= 11 is 0. The highest BCUT2D eigenvalue weighted by Crippen LogP contribution is 1.79. The van der Waals surface area contributed by atoms with Gasteiger partial charge in [-0.25, -0.2) is 0 Å². The number of nitro groups is 1. The first-order valence-corrected chi connectivity index (χ1v) is 3.53. The molecule has 0 bridgehead atoms. The minimum Gasteiger partial charge on any atom is -0.259 e. The van der Waals surface area contributed by atoms with Gasteiger partial charge in [0.25, 0.3) is 0 Å². The summed E-state index contributed by atoms with van der Waals surface area (Å²) in [5.74, 6) is 0. The molecule has 1 aromatic carbocycles. The number of nitrogens with zero attached hydrogens (tertiary/aromatic N) is 1. The number of allylic oxidation sites excluding steroid dienone is 1. The minimum atomic E-state index is -0.500. The number of hydrogen-bond donors (Lipinski definition) is 0. The van der Waals surface area contributed by atoms with Gasteiger partial charge in [-0.1, -0.05) is 36.4 Å². The summed E-state index contributed by atoms with van der Waals surface area (Å²) in [7, 11) is 0. The van der Waals surface area contributed by atoms with Crippen LogP contribution in [0.3, 0.4) is 0 Å². The van der Waals surface area contributed by atoms with E-state index in [0.29, 0.717) is 0 Å². The topological polar surface area (TPSA) is 43.1 Å². The number of hydrogen-bond acceptors (Lipinski definition) is 2. The van der Waals surface area contributed by atoms with Crippen LogP contribution in [0.1, 0.15) is 6.92 Å². The van der Waals surface area contributed by atoms with Gasteiger partial charge >= 0.3 is 0 Å². The Bertz CT molecular complexity index is 205. The summed E-state index contributed by atoms with van der Waals surface area (Å²) in [4.78, 5) is 8.82. The van der Waals surface area contributed by atoms with Crippen LogP contribution in [-0.2, 0) is 0 Å². The Hall–Kier alpha value is -1.64. The molecule has 0 saturated carbocycles. The summed E-state index contributed by atoms with van der Waals surface area (Å²) in [5, 5.41) is 9.32. The van der Waals surface area contributed by atoms with Crippen LogP contribution in [0.2, 0.25) is 0 Å². The zero-order valence-corrected chi connectivity index (χ0v) is 6.88. The molecular weight excluding hydrogens is 154 g/mol. The molecule has 0 aromatic heterocycles. The lowest BCUT2D eigenvalue weighted by atomic mass is 10.4. The van der Waals surface area contributed by atoms with Crippen molar-refractivity contribution in [1.82, 2.24) is 0 Å². The van der Waals surface area contributed by atoms with Crippen LogP contribution >= 0.6 is 0 Å². The molecule has 0 fully saturated rings. The third kappa shape index (κ3) is 8.36. The van der Waals surface area contributed by atoms with Crippen LogP contribution in [-0.4, -0.2) is 4.92 Å². The van der Waals surface area contributed by atoms with Gasteiger partial charge in [0.2, 0.25) is 6.20 Å². The van der Waals surface area contributed by atoms with E-state index in [1.165, 1.54) is 6.08 Å². The standard InChI is InChI=1S/C6H6.C3H5NO2/c1-2-4-6-5-3-1;1-2-3-4(5)6/h1-6H;2-3H,1H3. The van der Waals surface area contributed by atoms with E-state index in [0.717, 1.165) is 6.20 Å². The normalized spacial score (nSPS) is 8.75. The molecule has 0 N–H and O–H groups in total. The van der Waals surface area contributed by atoms with Gasteiger partial charge in [-0.05, 0) is 13.0 Å². The van der Waals surface area contributed by atoms with E-state index in [4.69, 9.17) is 0 Å². The van der Waals surface area contributed by atoms with E-state index in [9.17, 15) is 10.1 Å². The highest BCUT2D eigenvalue weighted by Gasteiger charge is 1.73. The highest BCUT2D eigenvalue weighted by molar-refractivity contribution is 4.99. The molecule has 3 nitrogen and oxygen atoms in total. The molecule has 1 aromatic rings. The second kappa shape index (κ2) is 7.47. The third-order valence-electron chi connectivity index (χ3n) is 0.937. The highest BCUT2D eigenvalue weighted by atomic mass is 16.6. The second-order valence-electron chi connectivity index (χ2n) is 1.92. The Morgan fingerprint density at radius 1 is 1.08 bits per heavy atom. The largest absolute Gasteiger partial charge is 0.259 e. The molecular formula is C9H11NO2. The van der Waals surface area contributed by atoms with E-state index in [2.05, 4.69) is 0 Å². The lowest BCUT2D eigenvalue weighted by molar-refractivity contribution is -0.402. The van der Waals surface area contributed by atoms with Gasteiger partial charge in [0, 0.05) is 0 Å². The molecule has 0 aliphatic rings. The van der Waals surface area contributed by atoms with E-state index >= 15 is 0 Å². The van der Waals surface area contributed by atoms with Crippen molar-refractivity contribution in [2.24, 2.45) is 0 Å². The molecule has 12 heavy (non-hydrogen) atoms. The molecule has 0 unspecified atom stereocenters. The lowest BCUT2D eigenvalue weighted by Crippen LogP contribution is -1.79. The summed E-state index contributed by atoms with van der Waals surface area (Å²) < 4.78 is 0. The van der Waals surface area contributed by atoms with Gasteiger partial charge in [0.15, 0.2) is 0 Å². The molecule has 3 heteroatoms. The van der Waals surface area contributed by atoms with Crippen LogP contribution in [0.4, 0.5) is 0 Å². The average molecular weight is 165 g/mol. The number of benzene rings is 1. The third-order valence-corrected chi connectivity index (χ3v) is 0.937. The maximum absolute atomic E-state index is 9.32. The van der Waals surface area contributed by atoms with E-state index < -0.39 is 4.92 Å². The average Bonchev–Trinajstić information content (AvgIpc) is 2.08. The molecule has 1 rings (SSSR count). The van der Waals surface area contributed by atoms with Gasteiger partial charge in [0.1, 0.15) is 0 Å². The summed E-state index contributed by atoms with van der Waals surface area (Å²) in [6, 6.07) is 12.0. The fraction of sp³-hybridized carbons (Fsp3) is 0.111. The lowest BCUT2D eigenvalue weighted by Gasteiger charge is -1.69. The van der Waals surface area contributed by atoms with Gasteiger partial charge in [0.05, 0.1) is 4.92 Å². The van der Waals surface area contributed by atoms with E-state index in [1.807, 2.05) is 36.4 Å². The predicted octanol–water partition coefficient (Wildman–Crippen LogP) is 2.48. The Morgan fingerprint density at radius 2 is 1.42 bits per heavy atom. The Balaban J connectivity index is 0.000000202. The van der Waals surface area contributed by atoms with Crippen LogP contribution in [0.15, 0.2) is 48.7 Å². The molecule has 0 atom stereocenters. The van der Waals surface area contributed by atoms with Crippen molar-refractivity contribution in [3.63, 3.8) is 0 Å². The van der Waals surface area contributed by atoms with Crippen molar-refractivity contribution in [2.45, 2.75) is 6.92 Å². The zero-order valence-electron chi connectivity index (χ0n) is 6.88. The van der Waals surface area contributed by atoms with Gasteiger partial charge in [-0.3, -0.25) is 10.1 Å². The fourth-order valence-electron chi connectivity index (χ4n) is 0.507. The molecule has 0 aliphatic heterocycles. The first-order valence-electron chi connectivity index (χ1n) is 3.53. The predicted molar refractivity (Wildman–Crippen MR) is 48.3 cm³/mol. The smallest absolute Gasteiger partial charge is 0.230 e. The monoisotopic (exact) mass is 165 g/mol. The quantitative estimate of drug-likeness (QED) is 0.474. The van der Waals surface area contributed by atoms with Crippen LogP contribution in [0, 0.1) is 10.1 Å². The summed E-state index contributed by atoms with van der Waals surface area (Å²) in [6.07, 6.45) is 2.26. The first-order chi connectivity index (χ1) is 5.77. The van der Waals surface area contributed by atoms with Crippen molar-refractivity contribution < 1.29 is 4.92 Å². The molecule has 0 aliphatic carbocycles. The maximum Gasteiger partial charge on any atom is 0.230 e. The van der Waals surface area contributed by atoms with Crippen molar-refractivity contribution in [2.75, 3.05) is 0 Å². The second-order valence-corrected chi connectivity index (χ2v) is 1.92. The Kier molecular flexibility index (Phi) is 6.45. The molecule has 0 amide bonds. The van der Waals surface area contributed by atoms with Gasteiger partial charge < -0.3 is 0 Å². The van der Waals surface area contributed by atoms with Crippen LogP contribution < -0.4 is 0 Å². The van der Waals surface area contributed by atoms with Gasteiger partial charge in [-0.15, -0.1) is 0 Å². The maximum atomic E-state index is 9.32. The van der Waals surface area contributed by atoms with Crippen molar-refractivity contribution in [3.8, 4) is 0 Å². The summed E-state index contributed by atoms with van der Waals surface area (Å²) in [6.45, 7) is 1.60. The van der Waals surface area contributed by atoms with Crippen molar-refractivity contribution in [1.29, 1.82) is 0 Å². The minimum absolute atomic E-state index is 0.500. The zero-order chi connectivity index (χ0) is 9.23. The molecule has 0 radical (unpaired) electrons. The molecule has 0 spiro atoms. The summed E-state index contributed by atoms with van der Waals surface area (Å²) in [5.41, 5.74) is 0. The molecule has 64 valence electrons. The van der Waals surface area contributed by atoms with E-state index in [-0.39, 0.29) is 0 Å². The van der Waals surface area contributed by atoms with E-state index in [1.54, 1.807) is 6.92 Å². The fourth-order valence-corrected chi connectivity index (χ4v) is 0.507. The van der Waals surface area contributed by atoms with Crippen molar-refractivity contribution >= 4 is 0 Å². The first kappa shape index (κ1) is 10.4.